The van der Waals surface area contributed by atoms with Crippen molar-refractivity contribution in [2.45, 2.75) is 47.5 Å². The number of hydrogen-bond donors (Lipinski definition) is 0. The summed E-state index contributed by atoms with van der Waals surface area (Å²) in [6, 6.07) is 8.40. The van der Waals surface area contributed by atoms with Gasteiger partial charge >= 0.3 is 0 Å². The molecule has 0 fully saturated rings. The van der Waals surface area contributed by atoms with Crippen LogP contribution >= 0.6 is 0 Å². The molecule has 1 aromatic heterocycles. The second-order valence-electron chi connectivity index (χ2n) is 6.98. The van der Waals surface area contributed by atoms with Gasteiger partial charge in [-0.15, -0.1) is 0 Å². The molecule has 0 spiro atoms. The molecule has 0 saturated carbocycles. The predicted octanol–water partition coefficient (Wildman–Crippen LogP) is 6.22. The summed E-state index contributed by atoms with van der Waals surface area (Å²) in [6.45, 7) is 11.5. The van der Waals surface area contributed by atoms with Gasteiger partial charge in [0.25, 0.3) is 0 Å². The average Bonchev–Trinajstić information content (AvgIpc) is 2.79. The van der Waals surface area contributed by atoms with Crippen LogP contribution in [0.1, 0.15) is 51.9 Å². The predicted molar refractivity (Wildman–Crippen MR) is 90.3 cm³/mol. The van der Waals surface area contributed by atoms with Gasteiger partial charge < -0.3 is 4.42 Å². The van der Waals surface area contributed by atoms with E-state index in [4.69, 9.17) is 4.42 Å². The minimum atomic E-state index is 0.625. The molecular weight excluding hydrogens is 256 g/mol. The summed E-state index contributed by atoms with van der Waals surface area (Å²) in [5, 5.41) is 1.26. The number of benzene rings is 1. The molecule has 0 aliphatic heterocycles. The Balaban J connectivity index is 2.22. The maximum atomic E-state index is 6.28. The normalized spacial score (nSPS) is 23.3. The molecule has 1 aliphatic carbocycles. The van der Waals surface area contributed by atoms with Gasteiger partial charge in [-0.25, -0.2) is 0 Å². The summed E-state index contributed by atoms with van der Waals surface area (Å²) < 4.78 is 6.28. The Bertz CT molecular complexity index is 687. The van der Waals surface area contributed by atoms with Crippen LogP contribution in [0.5, 0.6) is 0 Å². The number of aryl methyl sites for hydroxylation is 1. The van der Waals surface area contributed by atoms with Gasteiger partial charge in [0.2, 0.25) is 0 Å². The topological polar surface area (TPSA) is 13.1 Å². The Labute approximate surface area is 128 Å². The summed E-state index contributed by atoms with van der Waals surface area (Å²) >= 11 is 0. The van der Waals surface area contributed by atoms with Gasteiger partial charge in [0.1, 0.15) is 11.3 Å². The fourth-order valence-corrected chi connectivity index (χ4v) is 3.79. The maximum absolute atomic E-state index is 6.28. The standard InChI is InChI=1S/C20H26O/c1-12(2)16-11-10-13(3)14(4)19(16)20-15(5)17-8-6-7-9-18(17)21-20/h6-9,12-13,16H,10-11H2,1-5H3/t13-,16?/m1/s1. The van der Waals surface area contributed by atoms with Crippen molar-refractivity contribution < 1.29 is 4.42 Å². The van der Waals surface area contributed by atoms with Crippen LogP contribution < -0.4 is 0 Å². The lowest BCUT2D eigenvalue weighted by atomic mass is 9.72. The maximum Gasteiger partial charge on any atom is 0.135 e. The van der Waals surface area contributed by atoms with Crippen LogP contribution in [0.2, 0.25) is 0 Å². The largest absolute Gasteiger partial charge is 0.456 e. The number of allylic oxidation sites excluding steroid dienone is 2. The number of furan rings is 1. The van der Waals surface area contributed by atoms with Crippen molar-refractivity contribution in [3.05, 3.63) is 41.2 Å². The molecule has 112 valence electrons. The third-order valence-corrected chi connectivity index (χ3v) is 5.34. The molecule has 0 bridgehead atoms. The summed E-state index contributed by atoms with van der Waals surface area (Å²) in [7, 11) is 0. The van der Waals surface area contributed by atoms with Gasteiger partial charge in [-0.05, 0) is 56.1 Å². The van der Waals surface area contributed by atoms with E-state index in [2.05, 4.69) is 58.9 Å². The van der Waals surface area contributed by atoms with Crippen molar-refractivity contribution in [1.29, 1.82) is 0 Å². The first kappa shape index (κ1) is 14.4. The van der Waals surface area contributed by atoms with E-state index in [9.17, 15) is 0 Å². The SMILES string of the molecule is CC1=C(c2oc3ccccc3c2C)C(C(C)C)CC[C@H]1C. The number of hydrogen-bond acceptors (Lipinski definition) is 1. The average molecular weight is 282 g/mol. The summed E-state index contributed by atoms with van der Waals surface area (Å²) in [5.41, 5.74) is 5.34. The molecule has 21 heavy (non-hydrogen) atoms. The third-order valence-electron chi connectivity index (χ3n) is 5.34. The molecule has 0 radical (unpaired) electrons. The first-order chi connectivity index (χ1) is 10.0. The van der Waals surface area contributed by atoms with E-state index in [-0.39, 0.29) is 0 Å². The van der Waals surface area contributed by atoms with E-state index < -0.39 is 0 Å². The van der Waals surface area contributed by atoms with Crippen molar-refractivity contribution in [1.82, 2.24) is 0 Å². The van der Waals surface area contributed by atoms with Gasteiger partial charge in [-0.2, -0.15) is 0 Å². The monoisotopic (exact) mass is 282 g/mol. The summed E-state index contributed by atoms with van der Waals surface area (Å²) in [6.07, 6.45) is 2.58. The van der Waals surface area contributed by atoms with E-state index in [0.29, 0.717) is 17.8 Å². The van der Waals surface area contributed by atoms with Crippen LogP contribution in [0.15, 0.2) is 34.3 Å². The van der Waals surface area contributed by atoms with E-state index in [1.807, 2.05) is 0 Å². The number of para-hydroxylation sites is 1. The highest BCUT2D eigenvalue weighted by atomic mass is 16.3. The fourth-order valence-electron chi connectivity index (χ4n) is 3.79. The molecule has 1 aliphatic rings. The van der Waals surface area contributed by atoms with E-state index >= 15 is 0 Å². The lowest BCUT2D eigenvalue weighted by Crippen LogP contribution is -2.20. The smallest absolute Gasteiger partial charge is 0.135 e. The van der Waals surface area contributed by atoms with Crippen molar-refractivity contribution in [3.8, 4) is 0 Å². The van der Waals surface area contributed by atoms with Crippen LogP contribution in [0.3, 0.4) is 0 Å². The van der Waals surface area contributed by atoms with Crippen molar-refractivity contribution in [2.24, 2.45) is 17.8 Å². The zero-order valence-corrected chi connectivity index (χ0v) is 13.9. The minimum Gasteiger partial charge on any atom is -0.456 e. The Kier molecular flexibility index (Phi) is 3.69. The molecular formula is C20H26O. The second-order valence-corrected chi connectivity index (χ2v) is 6.98. The highest BCUT2D eigenvalue weighted by molar-refractivity contribution is 5.87. The van der Waals surface area contributed by atoms with Crippen molar-refractivity contribution >= 4 is 16.5 Å². The van der Waals surface area contributed by atoms with Gasteiger partial charge in [0, 0.05) is 10.9 Å². The molecule has 1 nitrogen and oxygen atoms in total. The van der Waals surface area contributed by atoms with Gasteiger partial charge in [0.15, 0.2) is 0 Å². The lowest BCUT2D eigenvalue weighted by Gasteiger charge is -2.33. The van der Waals surface area contributed by atoms with Crippen LogP contribution in [0.4, 0.5) is 0 Å². The van der Waals surface area contributed by atoms with Gasteiger partial charge in [-0.1, -0.05) is 44.5 Å². The third kappa shape index (κ3) is 2.33. The summed E-state index contributed by atoms with van der Waals surface area (Å²) in [5.74, 6) is 3.09. The quantitative estimate of drug-likeness (QED) is 0.637. The Morgan fingerprint density at radius 1 is 1.10 bits per heavy atom. The molecule has 1 aromatic carbocycles. The Hall–Kier alpha value is -1.50. The zero-order valence-electron chi connectivity index (χ0n) is 13.9. The summed E-state index contributed by atoms with van der Waals surface area (Å²) in [4.78, 5) is 0. The number of rotatable bonds is 2. The minimum absolute atomic E-state index is 0.625. The first-order valence-corrected chi connectivity index (χ1v) is 8.19. The molecule has 0 amide bonds. The molecule has 1 heteroatoms. The Morgan fingerprint density at radius 2 is 1.81 bits per heavy atom. The van der Waals surface area contributed by atoms with Crippen LogP contribution in [0.25, 0.3) is 16.5 Å². The van der Waals surface area contributed by atoms with E-state index in [0.717, 1.165) is 11.3 Å². The first-order valence-electron chi connectivity index (χ1n) is 8.19. The van der Waals surface area contributed by atoms with Crippen molar-refractivity contribution in [2.75, 3.05) is 0 Å². The van der Waals surface area contributed by atoms with Crippen LogP contribution in [-0.2, 0) is 0 Å². The Morgan fingerprint density at radius 3 is 2.48 bits per heavy atom. The van der Waals surface area contributed by atoms with E-state index in [1.54, 1.807) is 0 Å². The van der Waals surface area contributed by atoms with Crippen molar-refractivity contribution in [3.63, 3.8) is 0 Å². The second kappa shape index (κ2) is 5.36. The molecule has 0 saturated heterocycles. The fraction of sp³-hybridized carbons (Fsp3) is 0.500. The lowest BCUT2D eigenvalue weighted by molar-refractivity contribution is 0.379. The van der Waals surface area contributed by atoms with Gasteiger partial charge in [-0.3, -0.25) is 0 Å². The van der Waals surface area contributed by atoms with Crippen LogP contribution in [-0.4, -0.2) is 0 Å². The highest BCUT2D eigenvalue weighted by Gasteiger charge is 2.31. The van der Waals surface area contributed by atoms with Crippen LogP contribution in [0, 0.1) is 24.7 Å². The van der Waals surface area contributed by atoms with Gasteiger partial charge in [0.05, 0.1) is 0 Å². The number of fused-ring (bicyclic) bond motifs is 1. The molecule has 2 aromatic rings. The van der Waals surface area contributed by atoms with E-state index in [1.165, 1.54) is 34.9 Å². The molecule has 0 N–H and O–H groups in total. The zero-order chi connectivity index (χ0) is 15.1. The molecule has 3 rings (SSSR count). The molecule has 1 heterocycles. The molecule has 2 atom stereocenters. The highest BCUT2D eigenvalue weighted by Crippen LogP contribution is 2.45. The molecule has 1 unspecified atom stereocenters.